The van der Waals surface area contributed by atoms with E-state index in [9.17, 15) is 0 Å². The molecule has 2 aliphatic carbocycles. The van der Waals surface area contributed by atoms with Gasteiger partial charge in [0.15, 0.2) is 0 Å². The summed E-state index contributed by atoms with van der Waals surface area (Å²) in [6, 6.07) is 78.3. The summed E-state index contributed by atoms with van der Waals surface area (Å²) in [4.78, 5) is 7.91. The number of nitrogens with zero attached hydrogens (tertiary/aromatic N) is 3. The first-order valence-corrected chi connectivity index (χ1v) is 29.4. The molecule has 71 heavy (non-hydrogen) atoms. The molecule has 0 radical (unpaired) electrons. The van der Waals surface area contributed by atoms with Crippen LogP contribution in [0.15, 0.2) is 219 Å². The molecule has 338 valence electrons. The number of aromatic nitrogens is 2. The van der Waals surface area contributed by atoms with Crippen LogP contribution in [-0.2, 0) is 5.41 Å². The van der Waals surface area contributed by atoms with Crippen molar-refractivity contribution < 1.29 is 0 Å². The molecule has 1 spiro atoms. The van der Waals surface area contributed by atoms with Gasteiger partial charge < -0.3 is 0 Å². The van der Waals surface area contributed by atoms with Crippen LogP contribution in [0, 0.1) is 0 Å². The van der Waals surface area contributed by atoms with Crippen molar-refractivity contribution in [3.05, 3.63) is 241 Å². The molecule has 0 saturated carbocycles. The summed E-state index contributed by atoms with van der Waals surface area (Å²) in [7, 11) is 0.0878. The number of imidazole rings is 1. The normalized spacial score (nSPS) is 15.2. The second-order valence-corrected chi connectivity index (χ2v) is 27.6. The van der Waals surface area contributed by atoms with Crippen molar-refractivity contribution >= 4 is 56.9 Å². The molecule has 0 saturated heterocycles. The Morgan fingerprint density at radius 2 is 0.901 bits per heavy atom. The number of benzene rings is 11. The third-order valence-electron chi connectivity index (χ3n) is 16.5. The molecule has 0 amide bonds. The van der Waals surface area contributed by atoms with E-state index < -0.39 is 13.5 Å². The Hall–Kier alpha value is -8.31. The van der Waals surface area contributed by atoms with Crippen LogP contribution in [0.3, 0.4) is 0 Å². The summed E-state index contributed by atoms with van der Waals surface area (Å²) in [5.74, 6) is 1.22. The molecule has 1 atom stereocenters. The van der Waals surface area contributed by atoms with Gasteiger partial charge >= 0.3 is 376 Å². The second-order valence-electron chi connectivity index (χ2n) is 21.5. The molecular weight excluding hydrogens is 875 g/mol. The molecule has 15 rings (SSSR count). The van der Waals surface area contributed by atoms with E-state index in [2.05, 4.69) is 249 Å². The summed E-state index contributed by atoms with van der Waals surface area (Å²) in [6.07, 6.45) is 4.24. The van der Waals surface area contributed by atoms with Gasteiger partial charge in [-0.05, 0) is 10.8 Å². The predicted molar refractivity (Wildman–Crippen MR) is 302 cm³/mol. The second kappa shape index (κ2) is 14.6. The van der Waals surface area contributed by atoms with Crippen molar-refractivity contribution in [3.63, 3.8) is 0 Å². The molecule has 0 N–H and O–H groups in total. The Morgan fingerprint density at radius 3 is 1.52 bits per heavy atom. The molecule has 1 aromatic heterocycles. The quantitative estimate of drug-likeness (QED) is 0.130. The van der Waals surface area contributed by atoms with Gasteiger partial charge in [0.25, 0.3) is 0 Å². The van der Waals surface area contributed by atoms with Gasteiger partial charge in [0.1, 0.15) is 0 Å². The zero-order valence-electron chi connectivity index (χ0n) is 40.3. The van der Waals surface area contributed by atoms with E-state index in [1.165, 1.54) is 127 Å². The predicted octanol–water partition coefficient (Wildman–Crippen LogP) is 17.1. The fourth-order valence-electron chi connectivity index (χ4n) is 14.0. The van der Waals surface area contributed by atoms with E-state index in [1.54, 1.807) is 0 Å². The number of fused-ring (bicyclic) bond motifs is 18. The van der Waals surface area contributed by atoms with E-state index in [1.807, 2.05) is 6.20 Å². The molecule has 12 aromatic rings. The van der Waals surface area contributed by atoms with Crippen molar-refractivity contribution in [1.82, 2.24) is 9.55 Å². The van der Waals surface area contributed by atoms with Crippen LogP contribution >= 0.6 is 0 Å². The molecular formula is C67H50N3Si-. The third-order valence-corrected chi connectivity index (χ3v) is 19.1. The summed E-state index contributed by atoms with van der Waals surface area (Å²) in [5.41, 5.74) is 20.0. The minimum absolute atomic E-state index is 0.185. The Morgan fingerprint density at radius 1 is 0.408 bits per heavy atom. The van der Waals surface area contributed by atoms with Crippen molar-refractivity contribution in [1.29, 1.82) is 0 Å². The van der Waals surface area contributed by atoms with Crippen LogP contribution in [0.1, 0.15) is 28.0 Å². The molecule has 2 heterocycles. The summed E-state index contributed by atoms with van der Waals surface area (Å²) < 4.78 is 2.48. The van der Waals surface area contributed by atoms with Gasteiger partial charge in [0.05, 0.1) is 0 Å². The molecule has 3 nitrogen and oxygen atoms in total. The summed E-state index contributed by atoms with van der Waals surface area (Å²) in [5, 5.41) is 10.00. The van der Waals surface area contributed by atoms with Gasteiger partial charge in [-0.15, -0.1) is 0 Å². The first-order chi connectivity index (χ1) is 34.8. The number of hydrogen-bond donors (Lipinski definition) is 0. The average Bonchev–Trinajstić information content (AvgIpc) is 4.09. The van der Waals surface area contributed by atoms with Gasteiger partial charge in [0, 0.05) is 0 Å². The minimum atomic E-state index is -2.26. The standard InChI is InChI=1S/C67H50N3Si/c1-69-64-55(54-40-60-63(48-24-8-7-21-45(48)54)53-29-15-18-32-59(53)67(60)57-30-16-13-22-46(57)47-23-14-17-31-58(47)67)38-44(39-56(64)65-68-35-36-70(65)66(69)71(2,3)4)62-51-27-11-9-25-49(51)61(50-26-10-12-28-52(50)62)43-34-33-41-19-5-6-20-42(41)37-43/h5-40,66,71H,1-4H3/q-1. The fourth-order valence-corrected chi connectivity index (χ4v) is 16.7. The number of hydrogen-bond acceptors (Lipinski definition) is 2. The molecule has 11 aromatic carbocycles. The van der Waals surface area contributed by atoms with E-state index >= 15 is 0 Å². The van der Waals surface area contributed by atoms with Gasteiger partial charge in [-0.3, -0.25) is 0 Å². The van der Waals surface area contributed by atoms with Crippen molar-refractivity contribution in [2.75, 3.05) is 11.9 Å². The maximum absolute atomic E-state index is 5.29. The van der Waals surface area contributed by atoms with E-state index in [4.69, 9.17) is 4.98 Å². The van der Waals surface area contributed by atoms with Crippen LogP contribution in [-0.4, -0.2) is 24.7 Å². The first kappa shape index (κ1) is 40.6. The van der Waals surface area contributed by atoms with Gasteiger partial charge in [-0.1, -0.05) is 30.3 Å². The number of rotatable bonds is 4. The van der Waals surface area contributed by atoms with Gasteiger partial charge in [-0.2, -0.15) is 0 Å². The topological polar surface area (TPSA) is 21.1 Å². The molecule has 1 unspecified atom stereocenters. The molecule has 4 heteroatoms. The molecule has 0 bridgehead atoms. The van der Waals surface area contributed by atoms with Crippen LogP contribution in [0.25, 0.3) is 110 Å². The zero-order valence-corrected chi connectivity index (χ0v) is 41.4. The van der Waals surface area contributed by atoms with Crippen LogP contribution in [0.2, 0.25) is 19.6 Å². The molecule has 1 aliphatic heterocycles. The van der Waals surface area contributed by atoms with Gasteiger partial charge in [-0.25, -0.2) is 0 Å². The van der Waals surface area contributed by atoms with E-state index in [0.29, 0.717) is 0 Å². The van der Waals surface area contributed by atoms with E-state index in [-0.39, 0.29) is 5.79 Å². The van der Waals surface area contributed by atoms with Crippen LogP contribution < -0.4 is 4.90 Å². The third kappa shape index (κ3) is 5.40. The maximum atomic E-state index is 5.29. The monoisotopic (exact) mass is 924 g/mol. The SMILES string of the molecule is CN1c2c(-c3cc4c(c5ccccc35)-c3ccccc3C43c4ccccc4-c4ccccc43)cc(-c3c4ccccc4c(-c4ccc5ccccc5c4)c4ccccc34)cc2-c2nccn2C1[SiH-](C)(C)C. The fraction of sp³-hybridized carbons (Fsp3) is 0.0896. The molecule has 0 fully saturated rings. The summed E-state index contributed by atoms with van der Waals surface area (Å²) >= 11 is 0. The number of anilines is 1. The van der Waals surface area contributed by atoms with Gasteiger partial charge in [0.2, 0.25) is 0 Å². The van der Waals surface area contributed by atoms with Crippen LogP contribution in [0.4, 0.5) is 5.69 Å². The van der Waals surface area contributed by atoms with Crippen LogP contribution in [0.5, 0.6) is 0 Å². The Bertz CT molecular complexity index is 4160. The van der Waals surface area contributed by atoms with Crippen molar-refractivity contribution in [2.24, 2.45) is 0 Å². The van der Waals surface area contributed by atoms with Crippen molar-refractivity contribution in [3.8, 4) is 67.0 Å². The Kier molecular flexibility index (Phi) is 8.35. The van der Waals surface area contributed by atoms with Crippen molar-refractivity contribution in [2.45, 2.75) is 30.8 Å². The Labute approximate surface area is 415 Å². The zero-order chi connectivity index (χ0) is 47.3. The first-order valence-electron chi connectivity index (χ1n) is 25.3. The molecule has 3 aliphatic rings. The average molecular weight is 925 g/mol. The Balaban J connectivity index is 1.09. The summed E-state index contributed by atoms with van der Waals surface area (Å²) in [6.45, 7) is 7.56. The van der Waals surface area contributed by atoms with E-state index in [0.717, 1.165) is 11.4 Å².